The summed E-state index contributed by atoms with van der Waals surface area (Å²) in [7, 11) is 0. The van der Waals surface area contributed by atoms with Gasteiger partial charge in [0.2, 0.25) is 0 Å². The van der Waals surface area contributed by atoms with E-state index in [0.717, 1.165) is 5.92 Å². The number of carbonyl (C=O) groups is 1. The van der Waals surface area contributed by atoms with Crippen molar-refractivity contribution in [2.75, 3.05) is 37.6 Å². The first kappa shape index (κ1) is 25.4. The monoisotopic (exact) mass is 425 g/mol. The summed E-state index contributed by atoms with van der Waals surface area (Å²) in [5.41, 5.74) is 4.79. The molecule has 0 amide bonds. The zero-order valence-electron chi connectivity index (χ0n) is 20.2. The van der Waals surface area contributed by atoms with E-state index < -0.39 is 0 Å². The molecule has 1 aromatic rings. The first-order chi connectivity index (χ1) is 15.0. The van der Waals surface area contributed by atoms with Gasteiger partial charge in [-0.15, -0.1) is 0 Å². The second kappa shape index (κ2) is 14.2. The molecule has 172 valence electrons. The lowest BCUT2D eigenvalue weighted by molar-refractivity contribution is -0.116. The van der Waals surface area contributed by atoms with E-state index >= 15 is 0 Å². The Morgan fingerprint density at radius 1 is 1.03 bits per heavy atom. The fourth-order valence-corrected chi connectivity index (χ4v) is 4.78. The average Bonchev–Trinajstić information content (AvgIpc) is 2.80. The summed E-state index contributed by atoms with van der Waals surface area (Å²) in [6, 6.07) is 8.65. The molecule has 1 aromatic carbocycles. The van der Waals surface area contributed by atoms with Gasteiger partial charge in [-0.25, -0.2) is 0 Å². The van der Waals surface area contributed by atoms with E-state index in [-0.39, 0.29) is 12.2 Å². The van der Waals surface area contributed by atoms with Crippen LogP contribution in [0.15, 0.2) is 18.2 Å². The number of nitriles is 1. The lowest BCUT2D eigenvalue weighted by Crippen LogP contribution is -2.46. The molecule has 0 spiro atoms. The molecule has 4 rings (SSSR count). The molecule has 0 aromatic heterocycles. The molecular formula is C27H43N3O. The molecule has 2 aliphatic carbocycles. The van der Waals surface area contributed by atoms with Crippen LogP contribution in [0.2, 0.25) is 0 Å². The number of anilines is 1. The number of aryl methyl sites for hydroxylation is 1. The summed E-state index contributed by atoms with van der Waals surface area (Å²) < 4.78 is 0. The van der Waals surface area contributed by atoms with Crippen molar-refractivity contribution in [1.82, 2.24) is 4.90 Å². The third-order valence-electron chi connectivity index (χ3n) is 6.75. The summed E-state index contributed by atoms with van der Waals surface area (Å²) in [4.78, 5) is 15.0. The first-order valence-electron chi connectivity index (χ1n) is 12.5. The summed E-state index contributed by atoms with van der Waals surface area (Å²) in [5.74, 6) is 0.964. The van der Waals surface area contributed by atoms with Crippen molar-refractivity contribution in [3.05, 3.63) is 29.3 Å². The number of benzene rings is 1. The van der Waals surface area contributed by atoms with Gasteiger partial charge in [0.25, 0.3) is 0 Å². The van der Waals surface area contributed by atoms with Crippen molar-refractivity contribution < 1.29 is 4.79 Å². The molecule has 0 bridgehead atoms. The van der Waals surface area contributed by atoms with Crippen LogP contribution in [0.4, 0.5) is 5.69 Å². The van der Waals surface area contributed by atoms with Gasteiger partial charge in [0.15, 0.2) is 0 Å². The zero-order valence-corrected chi connectivity index (χ0v) is 20.2. The molecule has 0 unspecified atom stereocenters. The normalized spacial score (nSPS) is 19.1. The predicted octanol–water partition coefficient (Wildman–Crippen LogP) is 5.78. The topological polar surface area (TPSA) is 47.3 Å². The predicted molar refractivity (Wildman–Crippen MR) is 131 cm³/mol. The molecule has 1 aliphatic heterocycles. The number of hydrogen-bond donors (Lipinski definition) is 0. The van der Waals surface area contributed by atoms with E-state index in [1.54, 1.807) is 17.2 Å². The number of fused-ring (bicyclic) bond motifs is 1. The van der Waals surface area contributed by atoms with Gasteiger partial charge in [0.1, 0.15) is 5.78 Å². The standard InChI is InChI=1S/C16H24N2.C7H14.C4H5NO/c1-2-17-10-12-18(13-11-17)16-9-5-7-14-6-3-4-8-15(14)16;1-7-5-3-2-4-6-7;1-4(6)2-3-5/h5,7,9H,2-4,6,8,10-13H2,1H3;7H,2-6H2,1H3;2H2,1H3. The maximum atomic E-state index is 9.82. The van der Waals surface area contributed by atoms with Crippen LogP contribution in [0.3, 0.4) is 0 Å². The van der Waals surface area contributed by atoms with Crippen LogP contribution in [0.5, 0.6) is 0 Å². The number of Topliss-reactive ketones (excluding diaryl/α,β-unsaturated/α-hetero) is 1. The van der Waals surface area contributed by atoms with Gasteiger partial charge in [0.05, 0.1) is 12.5 Å². The maximum Gasteiger partial charge on any atom is 0.143 e. The summed E-state index contributed by atoms with van der Waals surface area (Å²) in [6.45, 7) is 12.1. The number of piperazine rings is 1. The highest BCUT2D eigenvalue weighted by molar-refractivity contribution is 5.77. The van der Waals surface area contributed by atoms with Crippen LogP contribution in [-0.2, 0) is 17.6 Å². The number of hydrogen-bond acceptors (Lipinski definition) is 4. The van der Waals surface area contributed by atoms with Crippen LogP contribution in [0.1, 0.15) is 83.3 Å². The van der Waals surface area contributed by atoms with Gasteiger partial charge in [0, 0.05) is 31.9 Å². The number of carbonyl (C=O) groups excluding carboxylic acids is 1. The van der Waals surface area contributed by atoms with Crippen molar-refractivity contribution in [1.29, 1.82) is 5.26 Å². The Labute approximate surface area is 190 Å². The molecule has 4 heteroatoms. The lowest BCUT2D eigenvalue weighted by Gasteiger charge is -2.37. The third kappa shape index (κ3) is 9.03. The van der Waals surface area contributed by atoms with Crippen LogP contribution in [0, 0.1) is 17.2 Å². The van der Waals surface area contributed by atoms with Gasteiger partial charge in [-0.2, -0.15) is 5.26 Å². The Morgan fingerprint density at radius 2 is 1.71 bits per heavy atom. The molecule has 0 radical (unpaired) electrons. The summed E-state index contributed by atoms with van der Waals surface area (Å²) >= 11 is 0. The summed E-state index contributed by atoms with van der Waals surface area (Å²) in [6.07, 6.45) is 12.8. The Hall–Kier alpha value is -1.86. The molecular weight excluding hydrogens is 382 g/mol. The minimum atomic E-state index is -0.0718. The van der Waals surface area contributed by atoms with E-state index in [9.17, 15) is 4.79 Å². The van der Waals surface area contributed by atoms with E-state index in [0.29, 0.717) is 0 Å². The van der Waals surface area contributed by atoms with Crippen molar-refractivity contribution in [3.63, 3.8) is 0 Å². The Kier molecular flexibility index (Phi) is 11.7. The number of ketones is 1. The Morgan fingerprint density at radius 3 is 2.23 bits per heavy atom. The quantitative estimate of drug-likeness (QED) is 0.615. The highest BCUT2D eigenvalue weighted by Crippen LogP contribution is 2.31. The molecule has 1 saturated heterocycles. The number of nitrogens with zero attached hydrogens (tertiary/aromatic N) is 3. The average molecular weight is 426 g/mol. The lowest BCUT2D eigenvalue weighted by atomic mass is 9.90. The van der Waals surface area contributed by atoms with Crippen molar-refractivity contribution in [2.45, 2.75) is 85.0 Å². The number of likely N-dealkylation sites (N-methyl/N-ethyl adjacent to an activating group) is 1. The van der Waals surface area contributed by atoms with E-state index in [4.69, 9.17) is 5.26 Å². The highest BCUT2D eigenvalue weighted by Gasteiger charge is 2.20. The smallest absolute Gasteiger partial charge is 0.143 e. The fraction of sp³-hybridized carbons (Fsp3) is 0.704. The fourth-order valence-electron chi connectivity index (χ4n) is 4.78. The zero-order chi connectivity index (χ0) is 22.5. The van der Waals surface area contributed by atoms with Crippen LogP contribution in [-0.4, -0.2) is 43.4 Å². The maximum absolute atomic E-state index is 9.82. The Bertz CT molecular complexity index is 695. The molecule has 0 atom stereocenters. The van der Waals surface area contributed by atoms with Crippen LogP contribution >= 0.6 is 0 Å². The molecule has 4 nitrogen and oxygen atoms in total. The minimum Gasteiger partial charge on any atom is -0.369 e. The van der Waals surface area contributed by atoms with Crippen LogP contribution in [0.25, 0.3) is 0 Å². The van der Waals surface area contributed by atoms with Gasteiger partial charge >= 0.3 is 0 Å². The molecule has 1 saturated carbocycles. The van der Waals surface area contributed by atoms with Gasteiger partial charge in [-0.1, -0.05) is 58.1 Å². The van der Waals surface area contributed by atoms with Crippen molar-refractivity contribution >= 4 is 11.5 Å². The van der Waals surface area contributed by atoms with Crippen LogP contribution < -0.4 is 4.90 Å². The largest absolute Gasteiger partial charge is 0.369 e. The molecule has 31 heavy (non-hydrogen) atoms. The molecule has 3 aliphatic rings. The molecule has 1 heterocycles. The SMILES string of the molecule is CC(=O)CC#N.CC1CCCCC1.CCN1CCN(c2cccc3c2CCCC3)CC1. The van der Waals surface area contributed by atoms with E-state index in [2.05, 4.69) is 41.8 Å². The van der Waals surface area contributed by atoms with E-state index in [1.165, 1.54) is 103 Å². The Balaban J connectivity index is 0.000000217. The summed E-state index contributed by atoms with van der Waals surface area (Å²) in [5, 5.41) is 7.77. The minimum absolute atomic E-state index is 0.0417. The number of rotatable bonds is 3. The van der Waals surface area contributed by atoms with Gasteiger partial charge in [-0.3, -0.25) is 4.79 Å². The highest BCUT2D eigenvalue weighted by atomic mass is 16.1. The second-order valence-corrected chi connectivity index (χ2v) is 9.32. The third-order valence-corrected chi connectivity index (χ3v) is 6.75. The van der Waals surface area contributed by atoms with E-state index in [1.807, 2.05) is 0 Å². The first-order valence-corrected chi connectivity index (χ1v) is 12.5. The second-order valence-electron chi connectivity index (χ2n) is 9.32. The molecule has 2 fully saturated rings. The van der Waals surface area contributed by atoms with Crippen molar-refractivity contribution in [3.8, 4) is 6.07 Å². The van der Waals surface area contributed by atoms with Gasteiger partial charge in [-0.05, 0) is 62.3 Å². The van der Waals surface area contributed by atoms with Crippen molar-refractivity contribution in [2.24, 2.45) is 5.92 Å². The molecule has 0 N–H and O–H groups in total. The van der Waals surface area contributed by atoms with Gasteiger partial charge < -0.3 is 9.80 Å².